The van der Waals surface area contributed by atoms with E-state index in [1.165, 1.54) is 0 Å². The first-order valence-electron chi connectivity index (χ1n) is 5.21. The molecule has 1 aliphatic heterocycles. The molecule has 2 rings (SSSR count). The summed E-state index contributed by atoms with van der Waals surface area (Å²) in [6, 6.07) is 0. The molecule has 0 aliphatic carbocycles. The van der Waals surface area contributed by atoms with E-state index in [2.05, 4.69) is 14.5 Å². The molecule has 2 heterocycles. The number of rotatable bonds is 3. The Balaban J connectivity index is 1.75. The fourth-order valence-electron chi connectivity index (χ4n) is 1.91. The Morgan fingerprint density at radius 3 is 3.07 bits per heavy atom. The lowest BCUT2D eigenvalue weighted by Crippen LogP contribution is -2.39. The molecular weight excluding hydrogens is 178 g/mol. The molecule has 0 radical (unpaired) electrons. The normalized spacial score (nSPS) is 23.9. The SMILES string of the molecule is O[C@H]1CCCN(CCn2ccnc2)C1. The second-order valence-corrected chi connectivity index (χ2v) is 3.90. The quantitative estimate of drug-likeness (QED) is 0.756. The smallest absolute Gasteiger partial charge is 0.0946 e. The van der Waals surface area contributed by atoms with Crippen molar-refractivity contribution in [1.82, 2.24) is 14.5 Å². The van der Waals surface area contributed by atoms with Gasteiger partial charge in [-0.1, -0.05) is 0 Å². The maximum absolute atomic E-state index is 9.48. The fourth-order valence-corrected chi connectivity index (χ4v) is 1.91. The summed E-state index contributed by atoms with van der Waals surface area (Å²) < 4.78 is 2.07. The summed E-state index contributed by atoms with van der Waals surface area (Å²) in [4.78, 5) is 6.31. The Labute approximate surface area is 84.2 Å². The van der Waals surface area contributed by atoms with Gasteiger partial charge in [0.05, 0.1) is 12.4 Å². The number of piperidine rings is 1. The van der Waals surface area contributed by atoms with Gasteiger partial charge in [-0.05, 0) is 19.4 Å². The van der Waals surface area contributed by atoms with Gasteiger partial charge in [-0.3, -0.25) is 4.90 Å². The van der Waals surface area contributed by atoms with Crippen LogP contribution in [0.3, 0.4) is 0 Å². The minimum Gasteiger partial charge on any atom is -0.392 e. The van der Waals surface area contributed by atoms with Crippen molar-refractivity contribution in [3.05, 3.63) is 18.7 Å². The maximum Gasteiger partial charge on any atom is 0.0946 e. The molecule has 1 aromatic heterocycles. The average molecular weight is 195 g/mol. The van der Waals surface area contributed by atoms with Crippen LogP contribution in [0.2, 0.25) is 0 Å². The van der Waals surface area contributed by atoms with Gasteiger partial charge >= 0.3 is 0 Å². The highest BCUT2D eigenvalue weighted by atomic mass is 16.3. The molecule has 1 N–H and O–H groups in total. The summed E-state index contributed by atoms with van der Waals surface area (Å²) in [7, 11) is 0. The zero-order valence-corrected chi connectivity index (χ0v) is 8.34. The molecule has 1 fully saturated rings. The molecule has 0 unspecified atom stereocenters. The van der Waals surface area contributed by atoms with Crippen LogP contribution in [0.5, 0.6) is 0 Å². The van der Waals surface area contributed by atoms with Gasteiger partial charge < -0.3 is 9.67 Å². The van der Waals surface area contributed by atoms with Gasteiger partial charge in [0.1, 0.15) is 0 Å². The molecule has 0 spiro atoms. The third kappa shape index (κ3) is 2.56. The highest BCUT2D eigenvalue weighted by molar-refractivity contribution is 4.76. The van der Waals surface area contributed by atoms with E-state index in [1.54, 1.807) is 6.20 Å². The largest absolute Gasteiger partial charge is 0.392 e. The van der Waals surface area contributed by atoms with Gasteiger partial charge in [-0.25, -0.2) is 4.98 Å². The number of aliphatic hydroxyl groups is 1. The molecule has 1 aliphatic rings. The van der Waals surface area contributed by atoms with Crippen LogP contribution in [-0.2, 0) is 6.54 Å². The standard InChI is InChI=1S/C10H17N3O/c14-10-2-1-4-12(8-10)6-7-13-5-3-11-9-13/h3,5,9-10,14H,1-2,4,6-8H2/t10-/m0/s1. The average Bonchev–Trinajstić information content (AvgIpc) is 2.67. The second-order valence-electron chi connectivity index (χ2n) is 3.90. The summed E-state index contributed by atoms with van der Waals surface area (Å²) in [6.45, 7) is 3.92. The molecular formula is C10H17N3O. The van der Waals surface area contributed by atoms with Crippen molar-refractivity contribution in [2.75, 3.05) is 19.6 Å². The summed E-state index contributed by atoms with van der Waals surface area (Å²) >= 11 is 0. The minimum atomic E-state index is -0.119. The Kier molecular flexibility index (Phi) is 3.16. The Bertz CT molecular complexity index is 260. The van der Waals surface area contributed by atoms with E-state index in [4.69, 9.17) is 0 Å². The predicted octanol–water partition coefficient (Wildman–Crippen LogP) is 0.340. The predicted molar refractivity (Wildman–Crippen MR) is 53.9 cm³/mol. The van der Waals surface area contributed by atoms with Crippen molar-refractivity contribution in [3.8, 4) is 0 Å². The summed E-state index contributed by atoms with van der Waals surface area (Å²) in [6.07, 6.45) is 7.56. The van der Waals surface area contributed by atoms with E-state index < -0.39 is 0 Å². The zero-order valence-electron chi connectivity index (χ0n) is 8.34. The third-order valence-electron chi connectivity index (χ3n) is 2.71. The van der Waals surface area contributed by atoms with Crippen LogP contribution in [0, 0.1) is 0 Å². The van der Waals surface area contributed by atoms with Gasteiger partial charge in [0, 0.05) is 32.0 Å². The number of likely N-dealkylation sites (tertiary alicyclic amines) is 1. The molecule has 1 saturated heterocycles. The zero-order chi connectivity index (χ0) is 9.80. The fraction of sp³-hybridized carbons (Fsp3) is 0.700. The lowest BCUT2D eigenvalue weighted by Gasteiger charge is -2.29. The molecule has 1 atom stereocenters. The van der Waals surface area contributed by atoms with Gasteiger partial charge in [0.25, 0.3) is 0 Å². The van der Waals surface area contributed by atoms with Gasteiger partial charge in [0.15, 0.2) is 0 Å². The Hall–Kier alpha value is -0.870. The number of imidazole rings is 1. The first-order valence-corrected chi connectivity index (χ1v) is 5.21. The highest BCUT2D eigenvalue weighted by Gasteiger charge is 2.16. The Morgan fingerprint density at radius 2 is 2.36 bits per heavy atom. The third-order valence-corrected chi connectivity index (χ3v) is 2.71. The first kappa shape index (κ1) is 9.68. The summed E-state index contributed by atoms with van der Waals surface area (Å²) in [5.74, 6) is 0. The van der Waals surface area contributed by atoms with E-state index in [-0.39, 0.29) is 6.10 Å². The monoisotopic (exact) mass is 195 g/mol. The van der Waals surface area contributed by atoms with Crippen molar-refractivity contribution >= 4 is 0 Å². The number of hydrogen-bond acceptors (Lipinski definition) is 3. The maximum atomic E-state index is 9.48. The lowest BCUT2D eigenvalue weighted by atomic mass is 10.1. The van der Waals surface area contributed by atoms with Crippen LogP contribution in [0.1, 0.15) is 12.8 Å². The number of aliphatic hydroxyl groups excluding tert-OH is 1. The van der Waals surface area contributed by atoms with Gasteiger partial charge in [0.2, 0.25) is 0 Å². The van der Waals surface area contributed by atoms with Gasteiger partial charge in [-0.15, -0.1) is 0 Å². The van der Waals surface area contributed by atoms with Crippen molar-refractivity contribution in [1.29, 1.82) is 0 Å². The van der Waals surface area contributed by atoms with Gasteiger partial charge in [-0.2, -0.15) is 0 Å². The summed E-state index contributed by atoms with van der Waals surface area (Å²) in [5, 5.41) is 9.48. The molecule has 0 saturated carbocycles. The summed E-state index contributed by atoms with van der Waals surface area (Å²) in [5.41, 5.74) is 0. The Morgan fingerprint density at radius 1 is 1.43 bits per heavy atom. The molecule has 4 heteroatoms. The van der Waals surface area contributed by atoms with Crippen LogP contribution in [0.4, 0.5) is 0 Å². The second kappa shape index (κ2) is 4.57. The van der Waals surface area contributed by atoms with Crippen LogP contribution in [0.15, 0.2) is 18.7 Å². The van der Waals surface area contributed by atoms with Crippen LogP contribution >= 0.6 is 0 Å². The van der Waals surface area contributed by atoms with Crippen molar-refractivity contribution in [2.24, 2.45) is 0 Å². The van der Waals surface area contributed by atoms with E-state index in [1.807, 2.05) is 12.5 Å². The molecule has 0 aromatic carbocycles. The minimum absolute atomic E-state index is 0.119. The number of aromatic nitrogens is 2. The molecule has 0 amide bonds. The number of β-amino-alcohol motifs (C(OH)–C–C–N with tert-alkyl or cyclic N) is 1. The molecule has 4 nitrogen and oxygen atoms in total. The molecule has 0 bridgehead atoms. The number of hydrogen-bond donors (Lipinski definition) is 1. The van der Waals surface area contributed by atoms with E-state index in [0.717, 1.165) is 39.0 Å². The number of nitrogens with zero attached hydrogens (tertiary/aromatic N) is 3. The molecule has 78 valence electrons. The van der Waals surface area contributed by atoms with Crippen molar-refractivity contribution < 1.29 is 5.11 Å². The lowest BCUT2D eigenvalue weighted by molar-refractivity contribution is 0.0689. The van der Waals surface area contributed by atoms with Crippen molar-refractivity contribution in [3.63, 3.8) is 0 Å². The topological polar surface area (TPSA) is 41.3 Å². The molecule has 1 aromatic rings. The first-order chi connectivity index (χ1) is 6.84. The van der Waals surface area contributed by atoms with Crippen molar-refractivity contribution in [2.45, 2.75) is 25.5 Å². The molecule has 14 heavy (non-hydrogen) atoms. The van der Waals surface area contributed by atoms with E-state index in [0.29, 0.717) is 0 Å². The van der Waals surface area contributed by atoms with E-state index in [9.17, 15) is 5.11 Å². The van der Waals surface area contributed by atoms with Crippen LogP contribution in [-0.4, -0.2) is 45.3 Å². The highest BCUT2D eigenvalue weighted by Crippen LogP contribution is 2.09. The van der Waals surface area contributed by atoms with E-state index >= 15 is 0 Å². The van der Waals surface area contributed by atoms with Crippen LogP contribution < -0.4 is 0 Å². The van der Waals surface area contributed by atoms with Crippen LogP contribution in [0.25, 0.3) is 0 Å².